The molecule has 1 aromatic carbocycles. The second kappa shape index (κ2) is 6.98. The molecular weight excluding hydrogens is 380 g/mol. The van der Waals surface area contributed by atoms with Crippen LogP contribution in [0, 0.1) is 5.92 Å². The Hall–Kier alpha value is -2.80. The van der Waals surface area contributed by atoms with E-state index in [4.69, 9.17) is 11.6 Å². The molecule has 3 aromatic rings. The van der Waals surface area contributed by atoms with Gasteiger partial charge in [-0.25, -0.2) is 9.36 Å². The number of amides is 1. The Balaban J connectivity index is 1.86. The van der Waals surface area contributed by atoms with E-state index in [1.165, 1.54) is 0 Å². The summed E-state index contributed by atoms with van der Waals surface area (Å²) in [5.41, 5.74) is 0.260. The summed E-state index contributed by atoms with van der Waals surface area (Å²) in [5, 5.41) is 0.511. The number of piperidine rings is 1. The van der Waals surface area contributed by atoms with Gasteiger partial charge in [0.25, 0.3) is 11.5 Å². The van der Waals surface area contributed by atoms with Gasteiger partial charge in [-0.1, -0.05) is 18.5 Å². The maximum Gasteiger partial charge on any atom is 0.333 e. The van der Waals surface area contributed by atoms with Crippen molar-refractivity contribution in [3.63, 3.8) is 0 Å². The third kappa shape index (κ3) is 3.05. The fourth-order valence-corrected chi connectivity index (χ4v) is 4.03. The first-order chi connectivity index (χ1) is 13.4. The van der Waals surface area contributed by atoms with Crippen LogP contribution in [-0.4, -0.2) is 38.0 Å². The Morgan fingerprint density at radius 2 is 1.93 bits per heavy atom. The molecule has 146 valence electrons. The highest BCUT2D eigenvalue weighted by molar-refractivity contribution is 6.30. The van der Waals surface area contributed by atoms with Gasteiger partial charge in [-0.2, -0.15) is 0 Å². The fraction of sp³-hybridized carbons (Fsp3) is 0.350. The maximum absolute atomic E-state index is 13.1. The van der Waals surface area contributed by atoms with Crippen molar-refractivity contribution in [1.29, 1.82) is 0 Å². The Morgan fingerprint density at radius 1 is 1.21 bits per heavy atom. The van der Waals surface area contributed by atoms with Crippen molar-refractivity contribution in [2.24, 2.45) is 13.0 Å². The molecule has 1 N–H and O–H groups in total. The third-order valence-electron chi connectivity index (χ3n) is 5.28. The standard InChI is InChI=1S/C20H21ClN4O3/c1-12-4-3-9-24(10-12)18(26)15-11-23(2)17-16(15)22-20(28)25(19(17)27)14-7-5-13(21)6-8-14/h5-8,11-12H,3-4,9-10H2,1-2H3,(H,22,28). The monoisotopic (exact) mass is 400 g/mol. The normalized spacial score (nSPS) is 17.2. The highest BCUT2D eigenvalue weighted by atomic mass is 35.5. The first-order valence-electron chi connectivity index (χ1n) is 9.26. The molecule has 1 aliphatic rings. The predicted molar refractivity (Wildman–Crippen MR) is 108 cm³/mol. The van der Waals surface area contributed by atoms with Gasteiger partial charge >= 0.3 is 5.69 Å². The minimum Gasteiger partial charge on any atom is -0.344 e. The first-order valence-corrected chi connectivity index (χ1v) is 9.64. The van der Waals surface area contributed by atoms with Crippen LogP contribution < -0.4 is 11.2 Å². The number of benzene rings is 1. The number of carbonyl (C=O) groups excluding carboxylic acids is 1. The molecule has 3 heterocycles. The molecule has 1 fully saturated rings. The van der Waals surface area contributed by atoms with Crippen LogP contribution in [0.3, 0.4) is 0 Å². The minimum absolute atomic E-state index is 0.156. The summed E-state index contributed by atoms with van der Waals surface area (Å²) < 4.78 is 2.65. The van der Waals surface area contributed by atoms with Gasteiger partial charge in [0, 0.05) is 31.4 Å². The molecule has 0 spiro atoms. The lowest BCUT2D eigenvalue weighted by atomic mass is 10.00. The number of aromatic nitrogens is 3. The molecule has 1 unspecified atom stereocenters. The average molecular weight is 401 g/mol. The minimum atomic E-state index is -0.591. The molecule has 1 atom stereocenters. The van der Waals surface area contributed by atoms with Gasteiger partial charge < -0.3 is 14.5 Å². The SMILES string of the molecule is CC1CCCN(C(=O)c2cn(C)c3c(=O)n(-c4ccc(Cl)cc4)c(=O)[nH]c23)C1. The molecule has 28 heavy (non-hydrogen) atoms. The molecule has 1 saturated heterocycles. The smallest absolute Gasteiger partial charge is 0.333 e. The summed E-state index contributed by atoms with van der Waals surface area (Å²) in [5.74, 6) is 0.283. The fourth-order valence-electron chi connectivity index (χ4n) is 3.90. The zero-order valence-corrected chi connectivity index (χ0v) is 16.5. The molecule has 0 radical (unpaired) electrons. The third-order valence-corrected chi connectivity index (χ3v) is 5.53. The second-order valence-electron chi connectivity index (χ2n) is 7.42. The highest BCUT2D eigenvalue weighted by Gasteiger charge is 2.26. The van der Waals surface area contributed by atoms with Crippen molar-refractivity contribution in [3.05, 3.63) is 61.9 Å². The second-order valence-corrected chi connectivity index (χ2v) is 7.86. The summed E-state index contributed by atoms with van der Waals surface area (Å²) in [6, 6.07) is 6.44. The van der Waals surface area contributed by atoms with Gasteiger partial charge in [0.1, 0.15) is 5.52 Å². The lowest BCUT2D eigenvalue weighted by molar-refractivity contribution is 0.0684. The quantitative estimate of drug-likeness (QED) is 0.717. The van der Waals surface area contributed by atoms with E-state index < -0.39 is 11.2 Å². The van der Waals surface area contributed by atoms with Crippen LogP contribution in [0.5, 0.6) is 0 Å². The van der Waals surface area contributed by atoms with Crippen molar-refractivity contribution >= 4 is 28.5 Å². The van der Waals surface area contributed by atoms with Gasteiger partial charge in [0.15, 0.2) is 0 Å². The lowest BCUT2D eigenvalue weighted by Gasteiger charge is -2.30. The zero-order valence-electron chi connectivity index (χ0n) is 15.7. The number of halogens is 1. The van der Waals surface area contributed by atoms with Crippen LogP contribution in [0.4, 0.5) is 0 Å². The number of aromatic amines is 1. The number of nitrogens with zero attached hydrogens (tertiary/aromatic N) is 3. The number of nitrogens with one attached hydrogen (secondary N) is 1. The van der Waals surface area contributed by atoms with Crippen molar-refractivity contribution in [2.45, 2.75) is 19.8 Å². The average Bonchev–Trinajstić information content (AvgIpc) is 2.99. The van der Waals surface area contributed by atoms with Gasteiger partial charge in [0.05, 0.1) is 16.8 Å². The number of carbonyl (C=O) groups is 1. The number of fused-ring (bicyclic) bond motifs is 1. The molecule has 0 aliphatic carbocycles. The summed E-state index contributed by atoms with van der Waals surface area (Å²) >= 11 is 5.90. The lowest BCUT2D eigenvalue weighted by Crippen LogP contribution is -2.39. The van der Waals surface area contributed by atoms with Gasteiger partial charge in [0.2, 0.25) is 0 Å². The van der Waals surface area contributed by atoms with Crippen molar-refractivity contribution in [3.8, 4) is 5.69 Å². The summed E-state index contributed by atoms with van der Waals surface area (Å²) in [4.78, 5) is 43.4. The summed E-state index contributed by atoms with van der Waals surface area (Å²) in [6.45, 7) is 3.49. The summed E-state index contributed by atoms with van der Waals surface area (Å²) in [6.07, 6.45) is 3.68. The topological polar surface area (TPSA) is 80.1 Å². The predicted octanol–water partition coefficient (Wildman–Crippen LogP) is 2.54. The Kier molecular flexibility index (Phi) is 4.63. The molecule has 4 rings (SSSR count). The van der Waals surface area contributed by atoms with Crippen LogP contribution in [-0.2, 0) is 7.05 Å². The van der Waals surface area contributed by atoms with Crippen LogP contribution >= 0.6 is 11.6 Å². The zero-order chi connectivity index (χ0) is 20.0. The molecule has 0 saturated carbocycles. The molecule has 2 aromatic heterocycles. The number of likely N-dealkylation sites (tertiary alicyclic amines) is 1. The highest BCUT2D eigenvalue weighted by Crippen LogP contribution is 2.22. The van der Waals surface area contributed by atoms with Crippen molar-refractivity contribution in [1.82, 2.24) is 19.0 Å². The molecular formula is C20H21ClN4O3. The van der Waals surface area contributed by atoms with E-state index in [2.05, 4.69) is 11.9 Å². The molecule has 0 bridgehead atoms. The molecule has 7 nitrogen and oxygen atoms in total. The van der Waals surface area contributed by atoms with E-state index >= 15 is 0 Å². The van der Waals surface area contributed by atoms with Crippen molar-refractivity contribution < 1.29 is 4.79 Å². The molecule has 8 heteroatoms. The number of aryl methyl sites for hydroxylation is 1. The van der Waals surface area contributed by atoms with Crippen LogP contribution in [0.25, 0.3) is 16.7 Å². The Morgan fingerprint density at radius 3 is 2.61 bits per heavy atom. The maximum atomic E-state index is 13.1. The van der Waals surface area contributed by atoms with E-state index in [9.17, 15) is 14.4 Å². The van der Waals surface area contributed by atoms with E-state index in [0.29, 0.717) is 35.3 Å². The number of rotatable bonds is 2. The van der Waals surface area contributed by atoms with E-state index in [1.54, 1.807) is 47.0 Å². The van der Waals surface area contributed by atoms with E-state index in [-0.39, 0.29) is 16.9 Å². The van der Waals surface area contributed by atoms with E-state index in [0.717, 1.165) is 17.4 Å². The van der Waals surface area contributed by atoms with Crippen LogP contribution in [0.1, 0.15) is 30.1 Å². The largest absolute Gasteiger partial charge is 0.344 e. The summed E-state index contributed by atoms with van der Waals surface area (Å²) in [7, 11) is 1.70. The van der Waals surface area contributed by atoms with Crippen LogP contribution in [0.2, 0.25) is 5.02 Å². The van der Waals surface area contributed by atoms with Gasteiger partial charge in [-0.15, -0.1) is 0 Å². The Labute approximate surface area is 166 Å². The molecule has 1 amide bonds. The number of H-pyrrole nitrogens is 1. The Bertz CT molecular complexity index is 1170. The van der Waals surface area contributed by atoms with Gasteiger partial charge in [-0.05, 0) is 43.0 Å². The number of hydrogen-bond acceptors (Lipinski definition) is 3. The van der Waals surface area contributed by atoms with E-state index in [1.807, 2.05) is 0 Å². The van der Waals surface area contributed by atoms with Crippen molar-refractivity contribution in [2.75, 3.05) is 13.1 Å². The molecule has 1 aliphatic heterocycles. The first kappa shape index (κ1) is 18.6. The number of hydrogen-bond donors (Lipinski definition) is 1. The van der Waals surface area contributed by atoms with Crippen LogP contribution in [0.15, 0.2) is 40.1 Å². The van der Waals surface area contributed by atoms with Gasteiger partial charge in [-0.3, -0.25) is 9.59 Å².